The summed E-state index contributed by atoms with van der Waals surface area (Å²) >= 11 is 2.62. The highest BCUT2D eigenvalue weighted by Crippen LogP contribution is 2.35. The smallest absolute Gasteiger partial charge is 0.270 e. The van der Waals surface area contributed by atoms with E-state index in [1.807, 2.05) is 0 Å². The molecule has 152 valence electrons. The number of halogens is 1. The topological polar surface area (TPSA) is 96.0 Å². The minimum absolute atomic E-state index is 0.0186. The molecule has 8 nitrogen and oxygen atoms in total. The summed E-state index contributed by atoms with van der Waals surface area (Å²) in [4.78, 5) is 15.0. The van der Waals surface area contributed by atoms with E-state index in [1.165, 1.54) is 41.3 Å². The summed E-state index contributed by atoms with van der Waals surface area (Å²) in [7, 11) is 0. The lowest BCUT2D eigenvalue weighted by Crippen LogP contribution is -2.08. The summed E-state index contributed by atoms with van der Waals surface area (Å²) in [6.45, 7) is 4.22. The molecule has 0 unspecified atom stereocenters. The van der Waals surface area contributed by atoms with Crippen LogP contribution in [0.4, 0.5) is 10.1 Å². The third-order valence-electron chi connectivity index (χ3n) is 4.04. The van der Waals surface area contributed by atoms with Gasteiger partial charge in [-0.1, -0.05) is 18.2 Å². The van der Waals surface area contributed by atoms with Gasteiger partial charge in [0.15, 0.2) is 26.9 Å². The fraction of sp³-hybridized carbons (Fsp3) is 0.105. The number of para-hydroxylation sites is 1. The minimum Gasteiger partial charge on any atom is -0.483 e. The standard InChI is InChI=1S/C19H14FN5O3S2/c1-2-9-24-17(11-28-15-6-4-3-5-13(15)20)22-23-18(24)30-19-21-14-8-7-12(25(26)27)10-16(14)29-19/h2-8,10H,1,9,11H2. The number of ether oxygens (including phenoxy) is 1. The van der Waals surface area contributed by atoms with Crippen molar-refractivity contribution in [3.63, 3.8) is 0 Å². The van der Waals surface area contributed by atoms with Gasteiger partial charge < -0.3 is 4.74 Å². The maximum absolute atomic E-state index is 13.8. The van der Waals surface area contributed by atoms with Crippen LogP contribution < -0.4 is 4.74 Å². The zero-order valence-electron chi connectivity index (χ0n) is 15.4. The van der Waals surface area contributed by atoms with E-state index >= 15 is 0 Å². The van der Waals surface area contributed by atoms with Gasteiger partial charge in [0.2, 0.25) is 0 Å². The second kappa shape index (κ2) is 8.59. The molecule has 0 bridgehead atoms. The highest BCUT2D eigenvalue weighted by atomic mass is 32.2. The molecule has 0 N–H and O–H groups in total. The summed E-state index contributed by atoms with van der Waals surface area (Å²) < 4.78 is 22.5. The van der Waals surface area contributed by atoms with E-state index in [-0.39, 0.29) is 18.0 Å². The first kappa shape index (κ1) is 20.0. The normalized spacial score (nSPS) is 11.0. The molecule has 0 amide bonds. The predicted molar refractivity (Wildman–Crippen MR) is 111 cm³/mol. The van der Waals surface area contributed by atoms with Crippen molar-refractivity contribution in [2.45, 2.75) is 22.6 Å². The Hall–Kier alpha value is -3.31. The van der Waals surface area contributed by atoms with Gasteiger partial charge in [-0.25, -0.2) is 9.37 Å². The number of benzene rings is 2. The van der Waals surface area contributed by atoms with E-state index in [1.54, 1.807) is 34.9 Å². The Morgan fingerprint density at radius 2 is 2.13 bits per heavy atom. The number of allylic oxidation sites excluding steroid dienone is 1. The lowest BCUT2D eigenvalue weighted by atomic mass is 10.3. The third kappa shape index (κ3) is 4.16. The van der Waals surface area contributed by atoms with Crippen LogP contribution in [0.15, 0.2) is 64.6 Å². The molecule has 0 aliphatic rings. The van der Waals surface area contributed by atoms with E-state index < -0.39 is 10.7 Å². The number of aromatic nitrogens is 4. The molecular weight excluding hydrogens is 429 g/mol. The molecule has 2 aromatic heterocycles. The van der Waals surface area contributed by atoms with Crippen molar-refractivity contribution in [3.8, 4) is 5.75 Å². The number of thiazole rings is 1. The van der Waals surface area contributed by atoms with Crippen molar-refractivity contribution in [1.29, 1.82) is 0 Å². The van der Waals surface area contributed by atoms with Crippen LogP contribution in [0.2, 0.25) is 0 Å². The lowest BCUT2D eigenvalue weighted by molar-refractivity contribution is -0.384. The molecule has 0 atom stereocenters. The molecule has 30 heavy (non-hydrogen) atoms. The molecule has 11 heteroatoms. The zero-order chi connectivity index (χ0) is 21.1. The number of hydrogen-bond donors (Lipinski definition) is 0. The Kier molecular flexibility index (Phi) is 5.72. The quantitative estimate of drug-likeness (QED) is 0.218. The molecule has 0 fully saturated rings. The Bertz CT molecular complexity index is 1240. The van der Waals surface area contributed by atoms with E-state index in [2.05, 4.69) is 21.8 Å². The molecule has 2 heterocycles. The molecular formula is C19H14FN5O3S2. The first-order chi connectivity index (χ1) is 14.5. The largest absolute Gasteiger partial charge is 0.483 e. The molecule has 4 aromatic rings. The summed E-state index contributed by atoms with van der Waals surface area (Å²) in [6.07, 6.45) is 1.70. The molecule has 0 saturated heterocycles. The summed E-state index contributed by atoms with van der Waals surface area (Å²) in [6, 6.07) is 10.7. The van der Waals surface area contributed by atoms with Gasteiger partial charge >= 0.3 is 0 Å². The van der Waals surface area contributed by atoms with Crippen molar-refractivity contribution in [3.05, 3.63) is 76.9 Å². The number of non-ortho nitro benzene ring substituents is 1. The number of nitro groups is 1. The second-order valence-electron chi connectivity index (χ2n) is 6.01. The summed E-state index contributed by atoms with van der Waals surface area (Å²) in [5, 5.41) is 19.9. The lowest BCUT2D eigenvalue weighted by Gasteiger charge is -2.09. The van der Waals surface area contributed by atoms with Crippen LogP contribution >= 0.6 is 23.1 Å². The van der Waals surface area contributed by atoms with Crippen LogP contribution in [-0.2, 0) is 13.2 Å². The van der Waals surface area contributed by atoms with Gasteiger partial charge in [-0.2, -0.15) is 0 Å². The van der Waals surface area contributed by atoms with Gasteiger partial charge in [-0.3, -0.25) is 14.7 Å². The Morgan fingerprint density at radius 3 is 2.90 bits per heavy atom. The number of nitro benzene ring substituents is 1. The molecule has 0 aliphatic heterocycles. The molecule has 4 rings (SSSR count). The average Bonchev–Trinajstić information content (AvgIpc) is 3.31. The highest BCUT2D eigenvalue weighted by Gasteiger charge is 2.17. The van der Waals surface area contributed by atoms with Gasteiger partial charge in [0, 0.05) is 18.7 Å². The Labute approximate surface area is 178 Å². The van der Waals surface area contributed by atoms with Crippen LogP contribution in [0, 0.1) is 15.9 Å². The van der Waals surface area contributed by atoms with E-state index in [0.717, 1.165) is 0 Å². The fourth-order valence-corrected chi connectivity index (χ4v) is 4.71. The summed E-state index contributed by atoms with van der Waals surface area (Å²) in [5.41, 5.74) is 0.691. The highest BCUT2D eigenvalue weighted by molar-refractivity contribution is 8.01. The van der Waals surface area contributed by atoms with Gasteiger partial charge in [-0.15, -0.1) is 28.1 Å². The maximum Gasteiger partial charge on any atom is 0.270 e. The van der Waals surface area contributed by atoms with Gasteiger partial charge in [0.05, 0.1) is 15.1 Å². The van der Waals surface area contributed by atoms with Gasteiger partial charge in [0.25, 0.3) is 5.69 Å². The summed E-state index contributed by atoms with van der Waals surface area (Å²) in [5.74, 6) is 0.190. The van der Waals surface area contributed by atoms with E-state index in [4.69, 9.17) is 4.74 Å². The number of nitrogens with zero attached hydrogens (tertiary/aromatic N) is 5. The van der Waals surface area contributed by atoms with E-state index in [0.29, 0.717) is 32.1 Å². The first-order valence-corrected chi connectivity index (χ1v) is 10.3. The maximum atomic E-state index is 13.8. The van der Waals surface area contributed by atoms with Crippen LogP contribution in [0.3, 0.4) is 0 Å². The van der Waals surface area contributed by atoms with Crippen molar-refractivity contribution < 1.29 is 14.1 Å². The van der Waals surface area contributed by atoms with Crippen LogP contribution in [0.25, 0.3) is 10.2 Å². The third-order valence-corrected chi connectivity index (χ3v) is 6.10. The zero-order valence-corrected chi connectivity index (χ0v) is 17.0. The van der Waals surface area contributed by atoms with Gasteiger partial charge in [0.1, 0.15) is 6.61 Å². The number of hydrogen-bond acceptors (Lipinski definition) is 8. The monoisotopic (exact) mass is 443 g/mol. The molecule has 0 aliphatic carbocycles. The van der Waals surface area contributed by atoms with Crippen LogP contribution in [0.5, 0.6) is 5.75 Å². The van der Waals surface area contributed by atoms with Crippen molar-refractivity contribution in [2.75, 3.05) is 0 Å². The van der Waals surface area contributed by atoms with Crippen molar-refractivity contribution >= 4 is 39.0 Å². The average molecular weight is 443 g/mol. The minimum atomic E-state index is -0.453. The SMILES string of the molecule is C=CCn1c(COc2ccccc2F)nnc1Sc1nc2ccc([N+](=O)[O-])cc2s1. The predicted octanol–water partition coefficient (Wildman–Crippen LogP) is 4.85. The molecule has 0 saturated carbocycles. The second-order valence-corrected chi connectivity index (χ2v) is 8.25. The molecule has 0 radical (unpaired) electrons. The Balaban J connectivity index is 1.57. The first-order valence-electron chi connectivity index (χ1n) is 8.68. The fourth-order valence-electron chi connectivity index (χ4n) is 2.65. The molecule has 0 spiro atoms. The van der Waals surface area contributed by atoms with Crippen LogP contribution in [0.1, 0.15) is 5.82 Å². The number of rotatable bonds is 8. The number of fused-ring (bicyclic) bond motifs is 1. The van der Waals surface area contributed by atoms with E-state index in [9.17, 15) is 14.5 Å². The Morgan fingerprint density at radius 1 is 1.30 bits per heavy atom. The van der Waals surface area contributed by atoms with Crippen LogP contribution in [-0.4, -0.2) is 24.7 Å². The van der Waals surface area contributed by atoms with Crippen molar-refractivity contribution in [1.82, 2.24) is 19.7 Å². The molecule has 2 aromatic carbocycles. The van der Waals surface area contributed by atoms with Crippen molar-refractivity contribution in [2.24, 2.45) is 0 Å². The van der Waals surface area contributed by atoms with Gasteiger partial charge in [-0.05, 0) is 30.0 Å².